The molecule has 8 nitrogen and oxygen atoms in total. The number of nitrogen functional groups attached to an aromatic ring is 1. The molecular formula is C21H25N7O. The fraction of sp³-hybridized carbons (Fsp3) is 0.429. The average molecular weight is 391 g/mol. The second-order valence-electron chi connectivity index (χ2n) is 7.68. The topological polar surface area (TPSA) is 114 Å². The highest BCUT2D eigenvalue weighted by Gasteiger charge is 2.45. The lowest BCUT2D eigenvalue weighted by Gasteiger charge is -2.15. The summed E-state index contributed by atoms with van der Waals surface area (Å²) in [6.07, 6.45) is 2.95. The van der Waals surface area contributed by atoms with Crippen LogP contribution in [0, 0.1) is 25.2 Å². The smallest absolute Gasteiger partial charge is 0.162 e. The van der Waals surface area contributed by atoms with Gasteiger partial charge in [-0.2, -0.15) is 14.9 Å². The largest absolute Gasteiger partial charge is 0.384 e. The molecule has 0 bridgehead atoms. The molecule has 1 fully saturated rings. The lowest BCUT2D eigenvalue weighted by atomic mass is 10.0. The van der Waals surface area contributed by atoms with Crippen LogP contribution < -0.4 is 11.1 Å². The van der Waals surface area contributed by atoms with Crippen LogP contribution in [0.1, 0.15) is 41.1 Å². The summed E-state index contributed by atoms with van der Waals surface area (Å²) >= 11 is 0. The van der Waals surface area contributed by atoms with E-state index in [-0.39, 0.29) is 5.41 Å². The molecule has 150 valence electrons. The molecule has 3 N–H and O–H groups in total. The summed E-state index contributed by atoms with van der Waals surface area (Å²) in [4.78, 5) is 9.44. The van der Waals surface area contributed by atoms with Gasteiger partial charge in [-0.25, -0.2) is 4.98 Å². The van der Waals surface area contributed by atoms with Gasteiger partial charge in [0.25, 0.3) is 0 Å². The molecule has 1 aliphatic rings. The SMILES string of the molecule is COCC1(c2cccc(CCNc3nc4c(C)c(C)nn4c(N)c3C#N)n2)CC1. The first-order chi connectivity index (χ1) is 14.0. The summed E-state index contributed by atoms with van der Waals surface area (Å²) in [5.41, 5.74) is 11.1. The van der Waals surface area contributed by atoms with E-state index in [1.807, 2.05) is 19.9 Å². The van der Waals surface area contributed by atoms with Gasteiger partial charge in [0, 0.05) is 42.4 Å². The van der Waals surface area contributed by atoms with E-state index in [4.69, 9.17) is 15.5 Å². The number of aryl methyl sites for hydroxylation is 2. The van der Waals surface area contributed by atoms with Crippen molar-refractivity contribution in [3.63, 3.8) is 0 Å². The molecule has 0 amide bonds. The van der Waals surface area contributed by atoms with E-state index in [1.54, 1.807) is 7.11 Å². The number of hydrogen-bond acceptors (Lipinski definition) is 7. The Labute approximate surface area is 169 Å². The minimum Gasteiger partial charge on any atom is -0.384 e. The van der Waals surface area contributed by atoms with E-state index < -0.39 is 0 Å². The maximum atomic E-state index is 9.56. The summed E-state index contributed by atoms with van der Waals surface area (Å²) in [5.74, 6) is 0.779. The summed E-state index contributed by atoms with van der Waals surface area (Å²) in [6, 6.07) is 8.30. The predicted molar refractivity (Wildman–Crippen MR) is 111 cm³/mol. The standard InChI is InChI=1S/C21H25N7O/c1-13-14(2)27-28-18(23)16(11-22)19(26-20(13)28)24-10-7-15-5-4-6-17(25-15)21(8-9-21)12-29-3/h4-6H,7-10,12,23H2,1-3H3,(H,24,26). The van der Waals surface area contributed by atoms with Crippen LogP contribution in [0.15, 0.2) is 18.2 Å². The summed E-state index contributed by atoms with van der Waals surface area (Å²) in [6.45, 7) is 5.15. The molecule has 0 unspecified atom stereocenters. The van der Waals surface area contributed by atoms with Gasteiger partial charge in [-0.3, -0.25) is 4.98 Å². The Hall–Kier alpha value is -3.18. The van der Waals surface area contributed by atoms with Crippen LogP contribution in [0.25, 0.3) is 5.65 Å². The molecular weight excluding hydrogens is 366 g/mol. The van der Waals surface area contributed by atoms with E-state index in [0.29, 0.717) is 42.4 Å². The van der Waals surface area contributed by atoms with Gasteiger partial charge in [0.2, 0.25) is 0 Å². The number of aromatic nitrogens is 4. The first-order valence-electron chi connectivity index (χ1n) is 9.74. The molecule has 29 heavy (non-hydrogen) atoms. The normalized spacial score (nSPS) is 14.7. The Kier molecular flexibility index (Phi) is 4.84. The third-order valence-electron chi connectivity index (χ3n) is 5.68. The first kappa shape index (κ1) is 19.2. The Morgan fingerprint density at radius 3 is 2.79 bits per heavy atom. The summed E-state index contributed by atoms with van der Waals surface area (Å²) < 4.78 is 6.91. The van der Waals surface area contributed by atoms with Crippen molar-refractivity contribution in [1.82, 2.24) is 19.6 Å². The van der Waals surface area contributed by atoms with Crippen molar-refractivity contribution >= 4 is 17.3 Å². The number of fused-ring (bicyclic) bond motifs is 1. The number of nitriles is 1. The predicted octanol–water partition coefficient (Wildman–Crippen LogP) is 2.53. The average Bonchev–Trinajstić information content (AvgIpc) is 3.44. The van der Waals surface area contributed by atoms with Crippen molar-refractivity contribution in [3.8, 4) is 6.07 Å². The van der Waals surface area contributed by atoms with Gasteiger partial charge in [-0.15, -0.1) is 0 Å². The minimum atomic E-state index is 0.0879. The maximum Gasteiger partial charge on any atom is 0.162 e. The van der Waals surface area contributed by atoms with Crippen LogP contribution in [0.2, 0.25) is 0 Å². The second kappa shape index (κ2) is 7.33. The quantitative estimate of drug-likeness (QED) is 0.636. The van der Waals surface area contributed by atoms with Gasteiger partial charge in [-0.1, -0.05) is 6.07 Å². The van der Waals surface area contributed by atoms with Crippen LogP contribution in [-0.2, 0) is 16.6 Å². The highest BCUT2D eigenvalue weighted by atomic mass is 16.5. The van der Waals surface area contributed by atoms with Crippen molar-refractivity contribution in [1.29, 1.82) is 5.26 Å². The minimum absolute atomic E-state index is 0.0879. The van der Waals surface area contributed by atoms with Gasteiger partial charge in [0.15, 0.2) is 5.65 Å². The molecule has 0 aromatic carbocycles. The van der Waals surface area contributed by atoms with Crippen molar-refractivity contribution in [2.45, 2.75) is 38.5 Å². The Bertz CT molecular complexity index is 1110. The Balaban J connectivity index is 1.52. The molecule has 0 saturated heterocycles. The lowest BCUT2D eigenvalue weighted by molar-refractivity contribution is 0.170. The number of methoxy groups -OCH3 is 1. The van der Waals surface area contributed by atoms with Crippen LogP contribution >= 0.6 is 0 Å². The molecule has 0 atom stereocenters. The molecule has 1 saturated carbocycles. The number of rotatable bonds is 7. The lowest BCUT2D eigenvalue weighted by Crippen LogP contribution is -2.17. The third-order valence-corrected chi connectivity index (χ3v) is 5.68. The van der Waals surface area contributed by atoms with E-state index in [9.17, 15) is 5.26 Å². The number of ether oxygens (including phenoxy) is 1. The summed E-state index contributed by atoms with van der Waals surface area (Å²) in [5, 5.41) is 17.2. The van der Waals surface area contributed by atoms with Crippen LogP contribution in [-0.4, -0.2) is 39.8 Å². The van der Waals surface area contributed by atoms with Crippen LogP contribution in [0.5, 0.6) is 0 Å². The van der Waals surface area contributed by atoms with E-state index in [0.717, 1.165) is 35.5 Å². The first-order valence-corrected chi connectivity index (χ1v) is 9.74. The number of anilines is 2. The van der Waals surface area contributed by atoms with Gasteiger partial charge >= 0.3 is 0 Å². The zero-order chi connectivity index (χ0) is 20.6. The molecule has 3 aromatic rings. The number of nitrogens with one attached hydrogen (secondary N) is 1. The Morgan fingerprint density at radius 2 is 2.10 bits per heavy atom. The molecule has 0 radical (unpaired) electrons. The monoisotopic (exact) mass is 391 g/mol. The molecule has 8 heteroatoms. The van der Waals surface area contributed by atoms with Crippen LogP contribution in [0.4, 0.5) is 11.6 Å². The zero-order valence-corrected chi connectivity index (χ0v) is 17.0. The molecule has 1 aliphatic carbocycles. The highest BCUT2D eigenvalue weighted by Crippen LogP contribution is 2.47. The fourth-order valence-electron chi connectivity index (χ4n) is 3.64. The zero-order valence-electron chi connectivity index (χ0n) is 17.0. The Morgan fingerprint density at radius 1 is 1.31 bits per heavy atom. The van der Waals surface area contributed by atoms with Gasteiger partial charge in [0.1, 0.15) is 23.3 Å². The number of nitrogens with two attached hydrogens (primary N) is 1. The summed E-state index contributed by atoms with van der Waals surface area (Å²) in [7, 11) is 1.74. The maximum absolute atomic E-state index is 9.56. The van der Waals surface area contributed by atoms with E-state index in [1.165, 1.54) is 4.52 Å². The highest BCUT2D eigenvalue weighted by molar-refractivity contribution is 5.69. The molecule has 3 aromatic heterocycles. The molecule has 0 spiro atoms. The van der Waals surface area contributed by atoms with Crippen LogP contribution in [0.3, 0.4) is 0 Å². The van der Waals surface area contributed by atoms with Gasteiger partial charge in [-0.05, 0) is 38.8 Å². The third kappa shape index (κ3) is 3.38. The van der Waals surface area contributed by atoms with Gasteiger partial charge in [0.05, 0.1) is 12.3 Å². The second-order valence-corrected chi connectivity index (χ2v) is 7.68. The number of nitrogens with zero attached hydrogens (tertiary/aromatic N) is 5. The van der Waals surface area contributed by atoms with Crippen molar-refractivity contribution in [3.05, 3.63) is 46.4 Å². The molecule has 0 aliphatic heterocycles. The van der Waals surface area contributed by atoms with Crippen molar-refractivity contribution in [2.75, 3.05) is 31.3 Å². The number of hydrogen-bond donors (Lipinski definition) is 2. The molecule has 3 heterocycles. The molecule has 4 rings (SSSR count). The van der Waals surface area contributed by atoms with Gasteiger partial charge < -0.3 is 15.8 Å². The number of pyridine rings is 1. The van der Waals surface area contributed by atoms with E-state index in [2.05, 4.69) is 33.6 Å². The fourth-order valence-corrected chi connectivity index (χ4v) is 3.64. The van der Waals surface area contributed by atoms with E-state index >= 15 is 0 Å². The van der Waals surface area contributed by atoms with Crippen molar-refractivity contribution < 1.29 is 4.74 Å². The van der Waals surface area contributed by atoms with Crippen molar-refractivity contribution in [2.24, 2.45) is 0 Å².